The highest BCUT2D eigenvalue weighted by molar-refractivity contribution is 9.10. The molecule has 1 aliphatic rings. The molecule has 19 heavy (non-hydrogen) atoms. The summed E-state index contributed by atoms with van der Waals surface area (Å²) in [6, 6.07) is 0.150. The maximum Gasteiger partial charge on any atom is 0.265 e. The molecule has 1 fully saturated rings. The first-order valence-corrected chi connectivity index (χ1v) is 7.37. The zero-order chi connectivity index (χ0) is 14.2. The third kappa shape index (κ3) is 3.07. The molecule has 1 unspecified atom stereocenters. The molecule has 0 amide bonds. The molecule has 1 aliphatic heterocycles. The summed E-state index contributed by atoms with van der Waals surface area (Å²) in [4.78, 5) is 24.1. The zero-order valence-corrected chi connectivity index (χ0v) is 13.5. The van der Waals surface area contributed by atoms with E-state index >= 15 is 0 Å². The van der Waals surface area contributed by atoms with Crippen molar-refractivity contribution >= 4 is 15.9 Å². The van der Waals surface area contributed by atoms with Gasteiger partial charge in [0.2, 0.25) is 0 Å². The van der Waals surface area contributed by atoms with Gasteiger partial charge in [0.15, 0.2) is 0 Å². The molecule has 0 saturated carbocycles. The highest BCUT2D eigenvalue weighted by Gasteiger charge is 2.27. The van der Waals surface area contributed by atoms with Gasteiger partial charge in [-0.3, -0.25) is 9.69 Å². The fourth-order valence-corrected chi connectivity index (χ4v) is 2.99. The van der Waals surface area contributed by atoms with E-state index < -0.39 is 0 Å². The van der Waals surface area contributed by atoms with Crippen molar-refractivity contribution in [1.29, 1.82) is 0 Å². The number of rotatable bonds is 2. The van der Waals surface area contributed by atoms with Gasteiger partial charge in [0.1, 0.15) is 10.3 Å². The smallest absolute Gasteiger partial charge is 0.265 e. The Morgan fingerprint density at radius 2 is 2.05 bits per heavy atom. The minimum Gasteiger partial charge on any atom is -0.308 e. The number of piperazine rings is 1. The molecule has 1 aromatic heterocycles. The van der Waals surface area contributed by atoms with Crippen LogP contribution in [-0.2, 0) is 0 Å². The second-order valence-corrected chi connectivity index (χ2v) is 6.36. The Hall–Kier alpha value is -0.720. The van der Waals surface area contributed by atoms with Crippen LogP contribution in [0.2, 0.25) is 0 Å². The third-order valence-corrected chi connectivity index (χ3v) is 4.39. The minimum atomic E-state index is -0.0877. The number of aromatic amines is 1. The Labute approximate surface area is 122 Å². The van der Waals surface area contributed by atoms with Crippen LogP contribution in [0.3, 0.4) is 0 Å². The van der Waals surface area contributed by atoms with Crippen LogP contribution in [0.25, 0.3) is 0 Å². The van der Waals surface area contributed by atoms with Gasteiger partial charge in [-0.2, -0.15) is 0 Å². The molecule has 5 nitrogen and oxygen atoms in total. The van der Waals surface area contributed by atoms with Gasteiger partial charge in [0.05, 0.1) is 11.7 Å². The molecule has 0 bridgehead atoms. The molecule has 0 aromatic carbocycles. The summed E-state index contributed by atoms with van der Waals surface area (Å²) in [7, 11) is 4.18. The van der Waals surface area contributed by atoms with E-state index in [9.17, 15) is 4.79 Å². The van der Waals surface area contributed by atoms with Gasteiger partial charge in [-0.05, 0) is 35.9 Å². The number of likely N-dealkylation sites (N-methyl/N-ethyl adjacent to an activating group) is 2. The van der Waals surface area contributed by atoms with Gasteiger partial charge >= 0.3 is 0 Å². The van der Waals surface area contributed by atoms with Crippen LogP contribution in [0.1, 0.15) is 37.3 Å². The molecule has 0 aliphatic carbocycles. The summed E-state index contributed by atoms with van der Waals surface area (Å²) in [6.45, 7) is 7.02. The van der Waals surface area contributed by atoms with Crippen molar-refractivity contribution in [1.82, 2.24) is 19.8 Å². The van der Waals surface area contributed by atoms with Crippen molar-refractivity contribution in [2.75, 3.05) is 33.7 Å². The lowest BCUT2D eigenvalue weighted by atomic mass is 10.1. The van der Waals surface area contributed by atoms with Crippen LogP contribution >= 0.6 is 15.9 Å². The lowest BCUT2D eigenvalue weighted by Crippen LogP contribution is -2.45. The van der Waals surface area contributed by atoms with Crippen molar-refractivity contribution in [2.24, 2.45) is 0 Å². The molecule has 0 spiro atoms. The summed E-state index contributed by atoms with van der Waals surface area (Å²) < 4.78 is 0.554. The Balaban J connectivity index is 2.42. The maximum atomic E-state index is 12.0. The predicted molar refractivity (Wildman–Crippen MR) is 79.5 cm³/mol. The molecular formula is C13H21BrN4O. The lowest BCUT2D eigenvalue weighted by molar-refractivity contribution is 0.109. The highest BCUT2D eigenvalue weighted by Crippen LogP contribution is 2.24. The van der Waals surface area contributed by atoms with Gasteiger partial charge in [0.25, 0.3) is 5.56 Å². The van der Waals surface area contributed by atoms with Gasteiger partial charge in [-0.15, -0.1) is 0 Å². The Kier molecular flexibility index (Phi) is 4.43. The number of H-pyrrole nitrogens is 1. The third-order valence-electron chi connectivity index (χ3n) is 3.62. The van der Waals surface area contributed by atoms with Crippen LogP contribution in [-0.4, -0.2) is 53.5 Å². The molecular weight excluding hydrogens is 308 g/mol. The van der Waals surface area contributed by atoms with Gasteiger partial charge < -0.3 is 9.88 Å². The molecule has 1 saturated heterocycles. The Morgan fingerprint density at radius 3 is 2.68 bits per heavy atom. The number of hydrogen-bond acceptors (Lipinski definition) is 4. The number of nitrogens with zero attached hydrogens (tertiary/aromatic N) is 3. The maximum absolute atomic E-state index is 12.0. The number of nitrogens with one attached hydrogen (secondary N) is 1. The molecule has 1 aromatic rings. The topological polar surface area (TPSA) is 52.2 Å². The number of aromatic nitrogens is 2. The van der Waals surface area contributed by atoms with Gasteiger partial charge in [-0.1, -0.05) is 13.8 Å². The highest BCUT2D eigenvalue weighted by atomic mass is 79.9. The van der Waals surface area contributed by atoms with Crippen LogP contribution in [0.5, 0.6) is 0 Å². The van der Waals surface area contributed by atoms with E-state index in [-0.39, 0.29) is 17.5 Å². The predicted octanol–water partition coefficient (Wildman–Crippen LogP) is 1.57. The molecule has 1 N–H and O–H groups in total. The van der Waals surface area contributed by atoms with Crippen LogP contribution in [0.4, 0.5) is 0 Å². The Bertz CT molecular complexity index is 514. The fourth-order valence-electron chi connectivity index (χ4n) is 2.34. The van der Waals surface area contributed by atoms with Crippen LogP contribution in [0.15, 0.2) is 9.27 Å². The van der Waals surface area contributed by atoms with Crippen molar-refractivity contribution in [3.05, 3.63) is 26.3 Å². The van der Waals surface area contributed by atoms with E-state index in [2.05, 4.69) is 49.8 Å². The molecule has 0 radical (unpaired) electrons. The normalized spacial score (nSPS) is 22.1. The van der Waals surface area contributed by atoms with E-state index in [1.165, 1.54) is 0 Å². The first kappa shape index (κ1) is 14.7. The van der Waals surface area contributed by atoms with Crippen molar-refractivity contribution in [3.63, 3.8) is 0 Å². The molecule has 106 valence electrons. The first-order chi connectivity index (χ1) is 8.90. The summed E-state index contributed by atoms with van der Waals surface area (Å²) in [5, 5.41) is 0. The van der Waals surface area contributed by atoms with E-state index in [1.54, 1.807) is 0 Å². The summed E-state index contributed by atoms with van der Waals surface area (Å²) >= 11 is 3.34. The number of halogens is 1. The Morgan fingerprint density at radius 1 is 1.37 bits per heavy atom. The molecule has 6 heteroatoms. The van der Waals surface area contributed by atoms with E-state index in [1.807, 2.05) is 13.8 Å². The molecule has 2 rings (SSSR count). The second kappa shape index (κ2) is 5.73. The monoisotopic (exact) mass is 328 g/mol. The lowest BCUT2D eigenvalue weighted by Gasteiger charge is -2.37. The SMILES string of the molecule is CC(C)c1nc(C2CN(C)CCN2C)[nH]c(=O)c1Br. The van der Waals surface area contributed by atoms with E-state index in [4.69, 9.17) is 0 Å². The van der Waals surface area contributed by atoms with Gasteiger partial charge in [-0.25, -0.2) is 4.98 Å². The average Bonchev–Trinajstić information content (AvgIpc) is 2.35. The van der Waals surface area contributed by atoms with Crippen molar-refractivity contribution < 1.29 is 0 Å². The van der Waals surface area contributed by atoms with Crippen molar-refractivity contribution in [3.8, 4) is 0 Å². The fraction of sp³-hybridized carbons (Fsp3) is 0.692. The number of hydrogen-bond donors (Lipinski definition) is 1. The first-order valence-electron chi connectivity index (χ1n) is 6.58. The van der Waals surface area contributed by atoms with Crippen molar-refractivity contribution in [2.45, 2.75) is 25.8 Å². The minimum absolute atomic E-state index is 0.0877. The molecule has 1 atom stereocenters. The summed E-state index contributed by atoms with van der Waals surface area (Å²) in [6.07, 6.45) is 0. The standard InChI is InChI=1S/C13H21BrN4O/c1-8(2)11-10(14)13(19)16-12(15-11)9-7-17(3)5-6-18(9)4/h8-9H,5-7H2,1-4H3,(H,15,16,19). The molecule has 2 heterocycles. The zero-order valence-electron chi connectivity index (χ0n) is 11.9. The summed E-state index contributed by atoms with van der Waals surface area (Å²) in [5.41, 5.74) is 0.746. The van der Waals surface area contributed by atoms with Crippen LogP contribution < -0.4 is 5.56 Å². The second-order valence-electron chi connectivity index (χ2n) is 5.56. The largest absolute Gasteiger partial charge is 0.308 e. The van der Waals surface area contributed by atoms with Crippen LogP contribution in [0, 0.1) is 0 Å². The van der Waals surface area contributed by atoms with E-state index in [0.29, 0.717) is 4.47 Å². The van der Waals surface area contributed by atoms with E-state index in [0.717, 1.165) is 31.2 Å². The average molecular weight is 329 g/mol. The quantitative estimate of drug-likeness (QED) is 0.895. The summed E-state index contributed by atoms with van der Waals surface area (Å²) in [5.74, 6) is 0.994. The van der Waals surface area contributed by atoms with Gasteiger partial charge in [0, 0.05) is 19.6 Å².